The molecule has 4 nitrogen and oxygen atoms in total. The van der Waals surface area contributed by atoms with Gasteiger partial charge in [-0.1, -0.05) is 6.07 Å². The lowest BCUT2D eigenvalue weighted by atomic mass is 9.96. The van der Waals surface area contributed by atoms with Crippen molar-refractivity contribution in [3.63, 3.8) is 0 Å². The van der Waals surface area contributed by atoms with Crippen LogP contribution in [-0.2, 0) is 17.8 Å². The van der Waals surface area contributed by atoms with Gasteiger partial charge in [-0.3, -0.25) is 4.79 Å². The third-order valence-electron chi connectivity index (χ3n) is 5.20. The fourth-order valence-corrected chi connectivity index (χ4v) is 4.38. The summed E-state index contributed by atoms with van der Waals surface area (Å²) in [4.78, 5) is 20.6. The van der Waals surface area contributed by atoms with E-state index >= 15 is 0 Å². The van der Waals surface area contributed by atoms with Crippen LogP contribution in [0.4, 0.5) is 0 Å². The first-order chi connectivity index (χ1) is 11.8. The molecule has 2 aromatic rings. The van der Waals surface area contributed by atoms with Crippen LogP contribution in [0.25, 0.3) is 0 Å². The zero-order valence-corrected chi connectivity index (χ0v) is 14.9. The summed E-state index contributed by atoms with van der Waals surface area (Å²) < 4.78 is 2.34. The van der Waals surface area contributed by atoms with Gasteiger partial charge >= 0.3 is 0 Å². The lowest BCUT2D eigenvalue weighted by Crippen LogP contribution is -2.39. The molecule has 0 N–H and O–H groups in total. The Morgan fingerprint density at radius 3 is 3.04 bits per heavy atom. The number of imidazole rings is 1. The van der Waals surface area contributed by atoms with Crippen molar-refractivity contribution in [1.82, 2.24) is 14.5 Å². The highest BCUT2D eigenvalue weighted by atomic mass is 32.1. The van der Waals surface area contributed by atoms with Crippen LogP contribution < -0.4 is 0 Å². The minimum absolute atomic E-state index is 0.299. The van der Waals surface area contributed by atoms with Gasteiger partial charge in [-0.2, -0.15) is 0 Å². The molecule has 3 heterocycles. The molecule has 2 aliphatic rings. The molecular formula is C19H25N3OS. The average Bonchev–Trinajstić information content (AvgIpc) is 3.09. The van der Waals surface area contributed by atoms with Crippen molar-refractivity contribution >= 4 is 17.2 Å². The zero-order valence-electron chi connectivity index (χ0n) is 14.1. The molecule has 0 radical (unpaired) electrons. The van der Waals surface area contributed by atoms with E-state index in [0.717, 1.165) is 44.8 Å². The first-order valence-electron chi connectivity index (χ1n) is 9.11. The highest BCUT2D eigenvalue weighted by Gasteiger charge is 2.29. The van der Waals surface area contributed by atoms with E-state index in [4.69, 9.17) is 0 Å². The van der Waals surface area contributed by atoms with Crippen LogP contribution >= 0.6 is 11.3 Å². The summed E-state index contributed by atoms with van der Waals surface area (Å²) in [6, 6.07) is 4.17. The third kappa shape index (κ3) is 3.72. The summed E-state index contributed by atoms with van der Waals surface area (Å²) in [7, 11) is 0. The Morgan fingerprint density at radius 2 is 2.25 bits per heavy atom. The molecule has 1 saturated heterocycles. The van der Waals surface area contributed by atoms with E-state index in [1.165, 1.54) is 23.5 Å². The van der Waals surface area contributed by atoms with Gasteiger partial charge in [0.25, 0.3) is 0 Å². The second-order valence-electron chi connectivity index (χ2n) is 7.14. The Kier molecular flexibility index (Phi) is 4.69. The molecule has 24 heavy (non-hydrogen) atoms. The summed E-state index contributed by atoms with van der Waals surface area (Å²) >= 11 is 1.74. The maximum absolute atomic E-state index is 12.6. The smallest absolute Gasteiger partial charge is 0.222 e. The predicted molar refractivity (Wildman–Crippen MR) is 96.1 cm³/mol. The lowest BCUT2D eigenvalue weighted by Gasteiger charge is -2.33. The predicted octanol–water partition coefficient (Wildman–Crippen LogP) is 3.69. The Balaban J connectivity index is 1.36. The van der Waals surface area contributed by atoms with Gasteiger partial charge in [0.1, 0.15) is 5.82 Å². The number of nitrogens with zero attached hydrogens (tertiary/aromatic N) is 3. The van der Waals surface area contributed by atoms with Crippen molar-refractivity contribution in [2.24, 2.45) is 5.92 Å². The van der Waals surface area contributed by atoms with Gasteiger partial charge in [-0.25, -0.2) is 4.98 Å². The molecule has 2 fully saturated rings. The third-order valence-corrected chi connectivity index (χ3v) is 6.14. The van der Waals surface area contributed by atoms with E-state index in [0.29, 0.717) is 18.2 Å². The van der Waals surface area contributed by atoms with Crippen LogP contribution in [-0.4, -0.2) is 33.4 Å². The molecular weight excluding hydrogens is 318 g/mol. The number of rotatable bonds is 6. The molecule has 0 bridgehead atoms. The second kappa shape index (κ2) is 7.09. The number of amides is 1. The van der Waals surface area contributed by atoms with Crippen LogP contribution in [0.3, 0.4) is 0 Å². The van der Waals surface area contributed by atoms with Gasteiger partial charge in [-0.15, -0.1) is 11.3 Å². The standard InChI is InChI=1S/C19H25N3OS/c23-18(8-7-17-4-2-12-24-17)21-10-1-3-16(14-21)19-20-9-11-22(19)13-15-5-6-15/h2,4,9,11-12,15-16H,1,3,5-8,10,13-14H2/t16-/m1/s1. The molecule has 1 amide bonds. The monoisotopic (exact) mass is 343 g/mol. The van der Waals surface area contributed by atoms with Crippen LogP contribution in [0.2, 0.25) is 0 Å². The minimum Gasteiger partial charge on any atom is -0.342 e. The van der Waals surface area contributed by atoms with Gasteiger partial charge in [0, 0.05) is 49.2 Å². The van der Waals surface area contributed by atoms with Gasteiger partial charge in [-0.05, 0) is 49.5 Å². The molecule has 1 aliphatic heterocycles. The number of hydrogen-bond acceptors (Lipinski definition) is 3. The average molecular weight is 343 g/mol. The molecule has 0 unspecified atom stereocenters. The van der Waals surface area contributed by atoms with Crippen molar-refractivity contribution in [1.29, 1.82) is 0 Å². The SMILES string of the molecule is O=C(CCc1cccs1)N1CCC[C@@H](c2nccn2CC2CC2)C1. The highest BCUT2D eigenvalue weighted by Crippen LogP contribution is 2.33. The zero-order chi connectivity index (χ0) is 16.4. The van der Waals surface area contributed by atoms with Crippen LogP contribution in [0.15, 0.2) is 29.9 Å². The van der Waals surface area contributed by atoms with Crippen LogP contribution in [0.5, 0.6) is 0 Å². The van der Waals surface area contributed by atoms with Gasteiger partial charge in [0.15, 0.2) is 0 Å². The Hall–Kier alpha value is -1.62. The molecule has 0 spiro atoms. The fourth-order valence-electron chi connectivity index (χ4n) is 3.67. The molecule has 1 atom stereocenters. The molecule has 2 aromatic heterocycles. The maximum atomic E-state index is 12.6. The normalized spacial score (nSPS) is 21.2. The van der Waals surface area contributed by atoms with E-state index in [1.807, 2.05) is 6.20 Å². The number of thiophene rings is 1. The van der Waals surface area contributed by atoms with Gasteiger partial charge in [0.05, 0.1) is 0 Å². The number of hydrogen-bond donors (Lipinski definition) is 0. The van der Waals surface area contributed by atoms with E-state index in [9.17, 15) is 4.79 Å². The maximum Gasteiger partial charge on any atom is 0.222 e. The summed E-state index contributed by atoms with van der Waals surface area (Å²) in [5.41, 5.74) is 0. The van der Waals surface area contributed by atoms with Gasteiger partial charge in [0.2, 0.25) is 5.91 Å². The summed E-state index contributed by atoms with van der Waals surface area (Å²) in [6.45, 7) is 2.85. The number of aromatic nitrogens is 2. The minimum atomic E-state index is 0.299. The van der Waals surface area contributed by atoms with Crippen molar-refractivity contribution in [3.8, 4) is 0 Å². The number of aryl methyl sites for hydroxylation is 1. The Morgan fingerprint density at radius 1 is 1.33 bits per heavy atom. The summed E-state index contributed by atoms with van der Waals surface area (Å²) in [5, 5.41) is 2.08. The van der Waals surface area contributed by atoms with E-state index in [2.05, 4.69) is 38.2 Å². The van der Waals surface area contributed by atoms with Crippen molar-refractivity contribution in [2.45, 2.75) is 51.0 Å². The lowest BCUT2D eigenvalue weighted by molar-refractivity contribution is -0.132. The molecule has 5 heteroatoms. The fraction of sp³-hybridized carbons (Fsp3) is 0.579. The Labute approximate surface area is 147 Å². The number of piperidine rings is 1. The van der Waals surface area contributed by atoms with E-state index < -0.39 is 0 Å². The number of carbonyl (C=O) groups excluding carboxylic acids is 1. The molecule has 128 valence electrons. The summed E-state index contributed by atoms with van der Waals surface area (Å²) in [5.74, 6) is 2.74. The highest BCUT2D eigenvalue weighted by molar-refractivity contribution is 7.09. The van der Waals surface area contributed by atoms with Crippen LogP contribution in [0.1, 0.15) is 48.7 Å². The Bertz CT molecular complexity index is 675. The van der Waals surface area contributed by atoms with Crippen LogP contribution in [0, 0.1) is 5.92 Å². The van der Waals surface area contributed by atoms with Crippen molar-refractivity contribution in [3.05, 3.63) is 40.6 Å². The topological polar surface area (TPSA) is 38.1 Å². The molecule has 1 aliphatic carbocycles. The molecule has 0 aromatic carbocycles. The van der Waals surface area contributed by atoms with E-state index in [1.54, 1.807) is 11.3 Å². The number of carbonyl (C=O) groups is 1. The quantitative estimate of drug-likeness (QED) is 0.802. The van der Waals surface area contributed by atoms with E-state index in [-0.39, 0.29) is 0 Å². The molecule has 4 rings (SSSR count). The van der Waals surface area contributed by atoms with Crippen molar-refractivity contribution in [2.75, 3.05) is 13.1 Å². The summed E-state index contributed by atoms with van der Waals surface area (Å²) in [6.07, 6.45) is 10.5. The second-order valence-corrected chi connectivity index (χ2v) is 8.17. The first-order valence-corrected chi connectivity index (χ1v) is 9.99. The molecule has 1 saturated carbocycles. The van der Waals surface area contributed by atoms with Crippen molar-refractivity contribution < 1.29 is 4.79 Å². The van der Waals surface area contributed by atoms with Gasteiger partial charge < -0.3 is 9.47 Å². The largest absolute Gasteiger partial charge is 0.342 e. The number of likely N-dealkylation sites (tertiary alicyclic amines) is 1. The first kappa shape index (κ1) is 15.9.